The molecule has 20 heavy (non-hydrogen) atoms. The van der Waals surface area contributed by atoms with Crippen molar-refractivity contribution in [2.75, 3.05) is 0 Å². The second-order valence-electron chi connectivity index (χ2n) is 5.15. The molecule has 3 heteroatoms. The highest BCUT2D eigenvalue weighted by molar-refractivity contribution is 5.82. The Morgan fingerprint density at radius 2 is 1.95 bits per heavy atom. The minimum atomic E-state index is 0.290. The van der Waals surface area contributed by atoms with E-state index in [9.17, 15) is 0 Å². The lowest BCUT2D eigenvalue weighted by molar-refractivity contribution is 0.179. The molecule has 0 amide bonds. The third kappa shape index (κ3) is 3.35. The van der Waals surface area contributed by atoms with Crippen molar-refractivity contribution in [1.29, 1.82) is 0 Å². The van der Waals surface area contributed by atoms with Crippen LogP contribution in [-0.2, 0) is 0 Å². The smallest absolute Gasteiger partial charge is 0.150 e. The number of fused-ring (bicyclic) bond motifs is 1. The van der Waals surface area contributed by atoms with Gasteiger partial charge in [-0.1, -0.05) is 33.3 Å². The fourth-order valence-corrected chi connectivity index (χ4v) is 2.35. The van der Waals surface area contributed by atoms with E-state index in [2.05, 4.69) is 20.4 Å². The highest BCUT2D eigenvalue weighted by atomic mass is 16.5. The van der Waals surface area contributed by atoms with Gasteiger partial charge in [0.05, 0.1) is 11.8 Å². The van der Waals surface area contributed by atoms with Gasteiger partial charge in [-0.2, -0.15) is 0 Å². The first-order valence-electron chi connectivity index (χ1n) is 7.29. The zero-order valence-corrected chi connectivity index (χ0v) is 12.3. The van der Waals surface area contributed by atoms with E-state index >= 15 is 0 Å². The molecule has 0 atom stereocenters. The molecule has 108 valence electrons. The molecule has 0 unspecified atom stereocenters. The summed E-state index contributed by atoms with van der Waals surface area (Å²) in [4.78, 5) is 0. The van der Waals surface area contributed by atoms with Crippen molar-refractivity contribution >= 4 is 16.7 Å². The first-order chi connectivity index (χ1) is 9.63. The van der Waals surface area contributed by atoms with Gasteiger partial charge in [0.15, 0.2) is 0 Å². The summed E-state index contributed by atoms with van der Waals surface area (Å²) in [6, 6.07) is 7.78. The number of furan rings is 1. The van der Waals surface area contributed by atoms with Crippen molar-refractivity contribution in [3.8, 4) is 5.75 Å². The van der Waals surface area contributed by atoms with Gasteiger partial charge in [-0.3, -0.25) is 0 Å². The van der Waals surface area contributed by atoms with Crippen LogP contribution >= 0.6 is 0 Å². The average molecular weight is 273 g/mol. The summed E-state index contributed by atoms with van der Waals surface area (Å²) in [6.07, 6.45) is 4.73. The van der Waals surface area contributed by atoms with Crippen molar-refractivity contribution in [3.63, 3.8) is 0 Å². The second-order valence-corrected chi connectivity index (χ2v) is 5.15. The largest absolute Gasteiger partial charge is 0.490 e. The first kappa shape index (κ1) is 14.5. The molecule has 0 fully saturated rings. The number of rotatable bonds is 7. The Labute approximate surface area is 120 Å². The highest BCUT2D eigenvalue weighted by Gasteiger charge is 2.10. The Morgan fingerprint density at radius 3 is 2.55 bits per heavy atom. The van der Waals surface area contributed by atoms with Gasteiger partial charge >= 0.3 is 0 Å². The molecule has 1 aromatic carbocycles. The molecule has 2 aromatic rings. The van der Waals surface area contributed by atoms with Crippen LogP contribution in [0.25, 0.3) is 16.7 Å². The summed E-state index contributed by atoms with van der Waals surface area (Å²) in [7, 11) is 0. The molecule has 0 bridgehead atoms. The van der Waals surface area contributed by atoms with E-state index in [1.165, 1.54) is 0 Å². The standard InChI is InChI=1S/C17H23NO2/c1-4-6-14(7-5-2)19-15-8-9-16-13(10-15)11-17(20-16)12(3)18/h8-11,14H,3-7,18H2,1-2H3. The van der Waals surface area contributed by atoms with Crippen molar-refractivity contribution in [2.45, 2.75) is 45.6 Å². The van der Waals surface area contributed by atoms with Crippen molar-refractivity contribution < 1.29 is 9.15 Å². The number of benzene rings is 1. The van der Waals surface area contributed by atoms with Gasteiger partial charge in [0.1, 0.15) is 17.1 Å². The van der Waals surface area contributed by atoms with Gasteiger partial charge in [-0.15, -0.1) is 0 Å². The van der Waals surface area contributed by atoms with Crippen molar-refractivity contribution in [1.82, 2.24) is 0 Å². The van der Waals surface area contributed by atoms with E-state index in [1.807, 2.05) is 24.3 Å². The molecule has 0 aliphatic heterocycles. The van der Waals surface area contributed by atoms with Crippen LogP contribution in [0.2, 0.25) is 0 Å². The van der Waals surface area contributed by atoms with Gasteiger partial charge in [0, 0.05) is 5.39 Å². The Hall–Kier alpha value is -1.90. The molecule has 3 nitrogen and oxygen atoms in total. The Balaban J connectivity index is 2.19. The molecule has 0 saturated heterocycles. The molecule has 0 radical (unpaired) electrons. The number of nitrogens with two attached hydrogens (primary N) is 1. The SMILES string of the molecule is C=C(N)c1cc2cc(OC(CCC)CCC)ccc2o1. The topological polar surface area (TPSA) is 48.4 Å². The summed E-state index contributed by atoms with van der Waals surface area (Å²) in [5.74, 6) is 1.51. The Bertz CT molecular complexity index is 580. The molecule has 1 aromatic heterocycles. The third-order valence-electron chi connectivity index (χ3n) is 3.33. The summed E-state index contributed by atoms with van der Waals surface area (Å²) in [6.45, 7) is 8.06. The lowest BCUT2D eigenvalue weighted by atomic mass is 10.1. The van der Waals surface area contributed by atoms with Gasteiger partial charge in [-0.05, 0) is 37.1 Å². The molecular weight excluding hydrogens is 250 g/mol. The fraction of sp³-hybridized carbons (Fsp3) is 0.412. The van der Waals surface area contributed by atoms with Gasteiger partial charge in [-0.25, -0.2) is 0 Å². The summed E-state index contributed by atoms with van der Waals surface area (Å²) in [5, 5.41) is 0.996. The lowest BCUT2D eigenvalue weighted by Crippen LogP contribution is -2.15. The quantitative estimate of drug-likeness (QED) is 0.794. The van der Waals surface area contributed by atoms with Gasteiger partial charge < -0.3 is 14.9 Å². The van der Waals surface area contributed by atoms with Crippen LogP contribution in [0.15, 0.2) is 35.3 Å². The zero-order valence-electron chi connectivity index (χ0n) is 12.3. The minimum absolute atomic E-state index is 0.290. The van der Waals surface area contributed by atoms with Crippen molar-refractivity contribution in [3.05, 3.63) is 36.6 Å². The van der Waals surface area contributed by atoms with Crippen LogP contribution in [0, 0.1) is 0 Å². The summed E-state index contributed by atoms with van der Waals surface area (Å²) < 4.78 is 11.7. The molecule has 0 aliphatic carbocycles. The van der Waals surface area contributed by atoms with E-state index in [0.717, 1.165) is 42.4 Å². The van der Waals surface area contributed by atoms with E-state index in [1.54, 1.807) is 0 Å². The van der Waals surface area contributed by atoms with E-state index in [0.29, 0.717) is 17.6 Å². The van der Waals surface area contributed by atoms with Crippen molar-refractivity contribution in [2.24, 2.45) is 5.73 Å². The van der Waals surface area contributed by atoms with Crippen LogP contribution in [0.1, 0.15) is 45.3 Å². The van der Waals surface area contributed by atoms with Crippen LogP contribution in [0.4, 0.5) is 0 Å². The maximum Gasteiger partial charge on any atom is 0.150 e. The maximum absolute atomic E-state index is 6.08. The number of hydrogen-bond donors (Lipinski definition) is 1. The molecule has 2 N–H and O–H groups in total. The minimum Gasteiger partial charge on any atom is -0.490 e. The predicted octanol–water partition coefficient (Wildman–Crippen LogP) is 4.71. The normalized spacial score (nSPS) is 11.2. The van der Waals surface area contributed by atoms with E-state index in [-0.39, 0.29) is 0 Å². The molecule has 0 saturated carbocycles. The van der Waals surface area contributed by atoms with Crippen LogP contribution in [0.3, 0.4) is 0 Å². The summed E-state index contributed by atoms with van der Waals surface area (Å²) in [5.41, 5.74) is 6.91. The molecule has 0 spiro atoms. The fourth-order valence-electron chi connectivity index (χ4n) is 2.35. The Kier molecular flexibility index (Phi) is 4.72. The van der Waals surface area contributed by atoms with Crippen LogP contribution < -0.4 is 10.5 Å². The van der Waals surface area contributed by atoms with Crippen LogP contribution in [0.5, 0.6) is 5.75 Å². The maximum atomic E-state index is 6.08. The average Bonchev–Trinajstić information content (AvgIpc) is 2.82. The van der Waals surface area contributed by atoms with Gasteiger partial charge in [0.25, 0.3) is 0 Å². The monoisotopic (exact) mass is 273 g/mol. The van der Waals surface area contributed by atoms with E-state index in [4.69, 9.17) is 14.9 Å². The van der Waals surface area contributed by atoms with Crippen LogP contribution in [-0.4, -0.2) is 6.10 Å². The molecule has 2 rings (SSSR count). The predicted molar refractivity (Wildman–Crippen MR) is 83.7 cm³/mol. The number of hydrogen-bond acceptors (Lipinski definition) is 3. The third-order valence-corrected chi connectivity index (χ3v) is 3.33. The van der Waals surface area contributed by atoms with Gasteiger partial charge in [0.2, 0.25) is 0 Å². The molecular formula is C17H23NO2. The molecule has 0 aliphatic rings. The lowest BCUT2D eigenvalue weighted by Gasteiger charge is -2.17. The zero-order chi connectivity index (χ0) is 14.5. The summed E-state index contributed by atoms with van der Waals surface area (Å²) >= 11 is 0. The number of ether oxygens (including phenoxy) is 1. The highest BCUT2D eigenvalue weighted by Crippen LogP contribution is 2.27. The molecule has 1 heterocycles. The second kappa shape index (κ2) is 6.51. The van der Waals surface area contributed by atoms with E-state index < -0.39 is 0 Å². The first-order valence-corrected chi connectivity index (χ1v) is 7.29. The Morgan fingerprint density at radius 1 is 1.25 bits per heavy atom.